The number of anilines is 1. The second-order valence-electron chi connectivity index (χ2n) is 12.0. The third-order valence-corrected chi connectivity index (χ3v) is 8.84. The van der Waals surface area contributed by atoms with Crippen molar-refractivity contribution in [2.75, 3.05) is 26.2 Å². The summed E-state index contributed by atoms with van der Waals surface area (Å²) in [7, 11) is 4.57. The van der Waals surface area contributed by atoms with Crippen LogP contribution in [0.3, 0.4) is 0 Å². The number of aliphatic hydroxyl groups is 2. The summed E-state index contributed by atoms with van der Waals surface area (Å²) in [5.74, 6) is -0.886. The molecule has 0 radical (unpaired) electrons. The Morgan fingerprint density at radius 3 is 2.44 bits per heavy atom. The molecule has 11 nitrogen and oxygen atoms in total. The van der Waals surface area contributed by atoms with Gasteiger partial charge in [-0.2, -0.15) is 0 Å². The molecule has 0 unspecified atom stereocenters. The average Bonchev–Trinajstić information content (AvgIpc) is 2.93. The molecular weight excluding hydrogens is 604 g/mol. The lowest BCUT2D eigenvalue weighted by atomic mass is 9.86. The van der Waals surface area contributed by atoms with Crippen molar-refractivity contribution >= 4 is 35.3 Å². The van der Waals surface area contributed by atoms with E-state index in [1.54, 1.807) is 32.2 Å². The number of benzene rings is 1. The van der Waals surface area contributed by atoms with Gasteiger partial charge in [0.25, 0.3) is 0 Å². The zero-order valence-corrected chi connectivity index (χ0v) is 27.5. The molecule has 2 aliphatic heterocycles. The van der Waals surface area contributed by atoms with Crippen molar-refractivity contribution in [3.63, 3.8) is 0 Å². The van der Waals surface area contributed by atoms with Gasteiger partial charge in [0.2, 0.25) is 5.91 Å². The number of methoxy groups -OCH3 is 2. The fraction of sp³-hybridized carbons (Fsp3) is 0.545. The lowest BCUT2D eigenvalue weighted by Crippen LogP contribution is -2.63. The number of ether oxygens (including phenoxy) is 3. The molecule has 248 valence electrons. The molecule has 1 saturated carbocycles. The largest absolute Gasteiger partial charge is 0.495 e. The molecule has 1 saturated heterocycles. The highest BCUT2D eigenvalue weighted by Gasteiger charge is 2.46. The van der Waals surface area contributed by atoms with Crippen molar-refractivity contribution < 1.29 is 43.9 Å². The van der Waals surface area contributed by atoms with Crippen molar-refractivity contribution in [2.45, 2.75) is 83.3 Å². The number of nitrogens with one attached hydrogen (secondary N) is 1. The maximum absolute atomic E-state index is 13.1. The van der Waals surface area contributed by atoms with Crippen molar-refractivity contribution in [3.8, 4) is 5.75 Å². The van der Waals surface area contributed by atoms with Gasteiger partial charge in [0.1, 0.15) is 23.0 Å². The van der Waals surface area contributed by atoms with Crippen LogP contribution in [0.25, 0.3) is 0 Å². The monoisotopic (exact) mass is 648 g/mol. The van der Waals surface area contributed by atoms with E-state index < -0.39 is 36.1 Å². The van der Waals surface area contributed by atoms with E-state index >= 15 is 0 Å². The van der Waals surface area contributed by atoms with Crippen LogP contribution >= 0.6 is 11.6 Å². The second-order valence-corrected chi connectivity index (χ2v) is 12.3. The van der Waals surface area contributed by atoms with Crippen LogP contribution in [-0.2, 0) is 25.5 Å². The van der Waals surface area contributed by atoms with E-state index in [0.29, 0.717) is 28.5 Å². The van der Waals surface area contributed by atoms with Crippen LogP contribution in [0.5, 0.6) is 5.75 Å². The number of hydrogen-bond acceptors (Lipinski definition) is 8. The molecule has 4 rings (SSSR count). The summed E-state index contributed by atoms with van der Waals surface area (Å²) in [6, 6.07) is 3.64. The summed E-state index contributed by atoms with van der Waals surface area (Å²) in [6.45, 7) is 5.47. The zero-order valence-electron chi connectivity index (χ0n) is 26.7. The normalized spacial score (nSPS) is 31.0. The summed E-state index contributed by atoms with van der Waals surface area (Å²) in [6.07, 6.45) is 7.00. The number of allylic oxidation sites excluding steroid dienone is 3. The number of hydrogen-bond donors (Lipinski definition) is 4. The molecule has 2 fully saturated rings. The number of aliphatic carboxylic acids is 1. The molecule has 0 spiro atoms. The van der Waals surface area contributed by atoms with E-state index in [-0.39, 0.29) is 30.6 Å². The highest BCUT2D eigenvalue weighted by Crippen LogP contribution is 2.37. The molecule has 2 heterocycles. The number of fused-ring (bicyclic) bond motifs is 4. The molecule has 2 amide bonds. The topological polar surface area (TPSA) is 155 Å². The number of rotatable bonds is 3. The zero-order chi connectivity index (χ0) is 33.5. The fourth-order valence-electron chi connectivity index (χ4n) is 5.38. The van der Waals surface area contributed by atoms with Crippen LogP contribution in [0.2, 0.25) is 5.02 Å². The van der Waals surface area contributed by atoms with Crippen LogP contribution < -0.4 is 15.0 Å². The lowest BCUT2D eigenvalue weighted by molar-refractivity contribution is -0.144. The van der Waals surface area contributed by atoms with Gasteiger partial charge < -0.3 is 34.4 Å². The molecule has 1 aromatic carbocycles. The summed E-state index contributed by atoms with van der Waals surface area (Å²) >= 11 is 6.56. The molecule has 3 aliphatic rings. The number of carbonyl (C=O) groups excluding carboxylic acids is 2. The molecule has 4 N–H and O–H groups in total. The number of amides is 2. The summed E-state index contributed by atoms with van der Waals surface area (Å²) in [4.78, 5) is 36.9. The van der Waals surface area contributed by atoms with Gasteiger partial charge in [-0.1, -0.05) is 54.8 Å². The minimum atomic E-state index is -1.71. The maximum Gasteiger partial charge on any atom is 0.409 e. The van der Waals surface area contributed by atoms with Crippen LogP contribution in [-0.4, -0.2) is 78.6 Å². The van der Waals surface area contributed by atoms with Gasteiger partial charge in [0.05, 0.1) is 31.2 Å². The van der Waals surface area contributed by atoms with Gasteiger partial charge in [-0.05, 0) is 56.4 Å². The molecular formula is C33H45ClN2O9. The maximum atomic E-state index is 13.1. The van der Waals surface area contributed by atoms with Crippen molar-refractivity contribution in [2.24, 2.45) is 11.8 Å². The number of carbonyl (C=O) groups is 3. The van der Waals surface area contributed by atoms with Crippen molar-refractivity contribution in [1.29, 1.82) is 0 Å². The Bertz CT molecular complexity index is 1340. The SMILES string of the molecule is COc1cc2cc(c1Cl)N(C)C(=O)C[C@H](O)/C(C)=C/[C@H](C)[C@@H]1C[C@@](O)(NC(=O)O1)[C@H](OC)/C=C/C=C(\C)C2.O=C(O)C1CCC1. The van der Waals surface area contributed by atoms with E-state index in [1.807, 2.05) is 32.1 Å². The first-order valence-electron chi connectivity index (χ1n) is 15.0. The molecule has 12 heteroatoms. The van der Waals surface area contributed by atoms with Gasteiger partial charge in [-0.15, -0.1) is 0 Å². The average molecular weight is 649 g/mol. The third kappa shape index (κ3) is 9.32. The minimum Gasteiger partial charge on any atom is -0.495 e. The van der Waals surface area contributed by atoms with Gasteiger partial charge in [-0.3, -0.25) is 14.9 Å². The van der Waals surface area contributed by atoms with Gasteiger partial charge in [-0.25, -0.2) is 4.79 Å². The van der Waals surface area contributed by atoms with E-state index in [9.17, 15) is 24.6 Å². The van der Waals surface area contributed by atoms with Gasteiger partial charge >= 0.3 is 12.1 Å². The van der Waals surface area contributed by atoms with E-state index in [4.69, 9.17) is 30.9 Å². The van der Waals surface area contributed by atoms with Crippen molar-refractivity contribution in [1.82, 2.24) is 5.32 Å². The summed E-state index contributed by atoms with van der Waals surface area (Å²) in [5.41, 5.74) is 1.15. The van der Waals surface area contributed by atoms with Crippen LogP contribution in [0.4, 0.5) is 10.5 Å². The molecule has 0 aromatic heterocycles. The fourth-order valence-corrected chi connectivity index (χ4v) is 5.69. The third-order valence-electron chi connectivity index (χ3n) is 8.46. The van der Waals surface area contributed by atoms with E-state index in [2.05, 4.69) is 5.32 Å². The molecule has 1 aliphatic carbocycles. The van der Waals surface area contributed by atoms with Crippen molar-refractivity contribution in [3.05, 3.63) is 58.2 Å². The highest BCUT2D eigenvalue weighted by atomic mass is 35.5. The van der Waals surface area contributed by atoms with E-state index in [0.717, 1.165) is 30.4 Å². The number of halogens is 1. The van der Waals surface area contributed by atoms with Crippen LogP contribution in [0.1, 0.15) is 58.4 Å². The first-order valence-corrected chi connectivity index (χ1v) is 15.4. The Balaban J connectivity index is 0.000000693. The Morgan fingerprint density at radius 1 is 1.20 bits per heavy atom. The molecule has 45 heavy (non-hydrogen) atoms. The smallest absolute Gasteiger partial charge is 0.409 e. The van der Waals surface area contributed by atoms with Crippen LogP contribution in [0, 0.1) is 11.8 Å². The predicted octanol–water partition coefficient (Wildman–Crippen LogP) is 4.78. The number of carboxylic acid groups (broad SMARTS) is 1. The Labute approximate surface area is 269 Å². The number of alkyl carbamates (subject to hydrolysis) is 1. The number of aliphatic hydroxyl groups excluding tert-OH is 1. The first-order chi connectivity index (χ1) is 21.2. The van der Waals surface area contributed by atoms with Gasteiger partial charge in [0.15, 0.2) is 5.72 Å². The van der Waals surface area contributed by atoms with Crippen LogP contribution in [0.15, 0.2) is 47.6 Å². The minimum absolute atomic E-state index is 0.000000000000000444. The summed E-state index contributed by atoms with van der Waals surface area (Å²) in [5, 5.41) is 33.2. The quantitative estimate of drug-likeness (QED) is 0.339. The lowest BCUT2D eigenvalue weighted by Gasteiger charge is -2.41. The predicted molar refractivity (Wildman–Crippen MR) is 170 cm³/mol. The number of carboxylic acids is 1. The Hall–Kier alpha value is -3.38. The standard InChI is InChI=1S/C28H37ClN2O7.C5H8O2/c1-16-8-7-9-24(37-6)28(35)15-23(38-27(34)30-28)18(3)11-17(2)21(32)14-25(33)31(4)20-12-19(10-16)13-22(36-5)26(20)29;6-5(7)4-2-1-3-4/h7-9,11-13,18,21,23-24,32,35H,10,14-15H2,1-6H3,(H,30,34);4H,1-3H2,(H,6,7)/b9-7+,16-8+,17-11+;/t18-,21-,23-,24+,28-;/m0./s1. The highest BCUT2D eigenvalue weighted by molar-refractivity contribution is 6.35. The van der Waals surface area contributed by atoms with Gasteiger partial charge in [0, 0.05) is 26.5 Å². The first kappa shape index (κ1) is 36.1. The molecule has 1 aromatic rings. The molecule has 5 atom stereocenters. The number of nitrogens with zero attached hydrogens (tertiary/aromatic N) is 1. The Kier molecular flexibility index (Phi) is 12.6. The van der Waals surface area contributed by atoms with E-state index in [1.165, 1.54) is 19.1 Å². The second kappa shape index (κ2) is 15.8. The summed E-state index contributed by atoms with van der Waals surface area (Å²) < 4.78 is 16.4. The Morgan fingerprint density at radius 2 is 1.89 bits per heavy atom. The molecule has 4 bridgehead atoms.